The Hall–Kier alpha value is -1.95. The second-order valence-electron chi connectivity index (χ2n) is 6.25. The predicted octanol–water partition coefficient (Wildman–Crippen LogP) is 0.876. The van der Waals surface area contributed by atoms with Crippen LogP contribution >= 0.6 is 0 Å². The third-order valence-electron chi connectivity index (χ3n) is 4.07. The fraction of sp³-hybridized carbons (Fsp3) is 0.471. The molecule has 0 spiro atoms. The lowest BCUT2D eigenvalue weighted by molar-refractivity contribution is 0.306. The van der Waals surface area contributed by atoms with Gasteiger partial charge in [-0.1, -0.05) is 40.6 Å². The number of hydrogen-bond acceptors (Lipinski definition) is 7. The van der Waals surface area contributed by atoms with Crippen molar-refractivity contribution in [3.8, 4) is 0 Å². The molecule has 0 aliphatic rings. The van der Waals surface area contributed by atoms with Crippen molar-refractivity contribution in [2.45, 2.75) is 18.9 Å². The van der Waals surface area contributed by atoms with E-state index in [1.165, 1.54) is 6.21 Å². The van der Waals surface area contributed by atoms with Crippen LogP contribution in [0, 0.1) is 5.41 Å². The van der Waals surface area contributed by atoms with Crippen molar-refractivity contribution in [1.29, 1.82) is 5.41 Å². The Kier molecular flexibility index (Phi) is 9.08. The van der Waals surface area contributed by atoms with Crippen molar-refractivity contribution >= 4 is 26.4 Å². The minimum atomic E-state index is -4.37. The van der Waals surface area contributed by atoms with Gasteiger partial charge in [0.25, 0.3) is 0 Å². The average Bonchev–Trinajstić information content (AvgIpc) is 2.61. The monoisotopic (exact) mass is 431 g/mol. The van der Waals surface area contributed by atoms with Crippen molar-refractivity contribution < 1.29 is 16.8 Å². The summed E-state index contributed by atoms with van der Waals surface area (Å²) in [5.41, 5.74) is 0.878. The topological polar surface area (TPSA) is 123 Å². The third kappa shape index (κ3) is 6.89. The van der Waals surface area contributed by atoms with E-state index in [2.05, 4.69) is 16.6 Å². The minimum Gasteiger partial charge on any atom is -0.354 e. The van der Waals surface area contributed by atoms with Gasteiger partial charge in [-0.05, 0) is 31.8 Å². The van der Waals surface area contributed by atoms with Crippen LogP contribution in [0.25, 0.3) is 0 Å². The molecule has 0 saturated carbocycles. The lowest BCUT2D eigenvalue weighted by Gasteiger charge is -2.32. The summed E-state index contributed by atoms with van der Waals surface area (Å²) in [6, 6.07) is 8.96. The predicted molar refractivity (Wildman–Crippen MR) is 112 cm³/mol. The standard InChI is InChI=1S/C17H29N5O4S2/c1-15(21(3)17(11-12-18)16-9-6-5-7-10-16)20-28(25,26)22(27(4,23)24)14-8-13-19-2/h5-7,9-10,12,17-20H,1,8,11,13-14H2,2-4H3. The van der Waals surface area contributed by atoms with E-state index in [0.717, 1.165) is 11.8 Å². The fourth-order valence-electron chi connectivity index (χ4n) is 2.61. The van der Waals surface area contributed by atoms with E-state index in [4.69, 9.17) is 5.41 Å². The maximum absolute atomic E-state index is 12.7. The lowest BCUT2D eigenvalue weighted by atomic mass is 10.0. The number of sulfonamides is 1. The van der Waals surface area contributed by atoms with Gasteiger partial charge in [-0.2, -0.15) is 8.42 Å². The second kappa shape index (κ2) is 10.6. The largest absolute Gasteiger partial charge is 0.354 e. The van der Waals surface area contributed by atoms with Crippen LogP contribution in [0.4, 0.5) is 0 Å². The molecule has 158 valence electrons. The van der Waals surface area contributed by atoms with E-state index in [1.807, 2.05) is 30.3 Å². The molecule has 1 atom stereocenters. The normalized spacial score (nSPS) is 13.1. The van der Waals surface area contributed by atoms with E-state index < -0.39 is 20.2 Å². The Bertz CT molecular complexity index is 857. The fourth-order valence-corrected chi connectivity index (χ4v) is 5.53. The Morgan fingerprint density at radius 2 is 1.86 bits per heavy atom. The number of nitrogens with one attached hydrogen (secondary N) is 3. The zero-order valence-electron chi connectivity index (χ0n) is 16.4. The van der Waals surface area contributed by atoms with Gasteiger partial charge in [-0.3, -0.25) is 4.72 Å². The third-order valence-corrected chi connectivity index (χ3v) is 7.61. The molecule has 0 radical (unpaired) electrons. The number of hydrogen-bond donors (Lipinski definition) is 3. The van der Waals surface area contributed by atoms with E-state index in [-0.39, 0.29) is 18.4 Å². The van der Waals surface area contributed by atoms with Gasteiger partial charge in [0.05, 0.1) is 12.3 Å². The van der Waals surface area contributed by atoms with Gasteiger partial charge in [0.15, 0.2) is 0 Å². The van der Waals surface area contributed by atoms with Crippen molar-refractivity contribution in [2.75, 3.05) is 33.4 Å². The Balaban J connectivity index is 3.04. The first kappa shape index (κ1) is 24.1. The first-order chi connectivity index (χ1) is 13.0. The first-order valence-electron chi connectivity index (χ1n) is 8.65. The summed E-state index contributed by atoms with van der Waals surface area (Å²) in [6.07, 6.45) is 2.74. The molecule has 0 fully saturated rings. The highest BCUT2D eigenvalue weighted by atomic mass is 32.3. The van der Waals surface area contributed by atoms with Gasteiger partial charge < -0.3 is 15.6 Å². The van der Waals surface area contributed by atoms with Gasteiger partial charge in [-0.25, -0.2) is 8.42 Å². The van der Waals surface area contributed by atoms with E-state index in [9.17, 15) is 16.8 Å². The summed E-state index contributed by atoms with van der Waals surface area (Å²) in [5, 5.41) is 10.3. The molecule has 0 heterocycles. The molecule has 1 unspecified atom stereocenters. The molecule has 0 aromatic heterocycles. The molecule has 1 rings (SSSR count). The molecule has 0 aliphatic heterocycles. The van der Waals surface area contributed by atoms with Gasteiger partial charge >= 0.3 is 10.2 Å². The van der Waals surface area contributed by atoms with Crippen molar-refractivity contribution in [3.05, 3.63) is 48.3 Å². The van der Waals surface area contributed by atoms with E-state index in [1.54, 1.807) is 19.0 Å². The van der Waals surface area contributed by atoms with Crippen LogP contribution in [0.15, 0.2) is 42.7 Å². The summed E-state index contributed by atoms with van der Waals surface area (Å²) in [4.78, 5) is 1.58. The molecular formula is C17H29N5O4S2. The van der Waals surface area contributed by atoms with Crippen LogP contribution in [0.3, 0.4) is 0 Å². The van der Waals surface area contributed by atoms with Gasteiger partial charge in [0.2, 0.25) is 10.0 Å². The maximum Gasteiger partial charge on any atom is 0.315 e. The van der Waals surface area contributed by atoms with Gasteiger partial charge in [0.1, 0.15) is 5.82 Å². The maximum atomic E-state index is 12.7. The Morgan fingerprint density at radius 3 is 2.36 bits per heavy atom. The summed E-state index contributed by atoms with van der Waals surface area (Å²) in [6.45, 7) is 4.04. The molecule has 9 nitrogen and oxygen atoms in total. The van der Waals surface area contributed by atoms with E-state index >= 15 is 0 Å². The Labute approximate surface area is 168 Å². The quantitative estimate of drug-likeness (QED) is 0.315. The summed E-state index contributed by atoms with van der Waals surface area (Å²) >= 11 is 0. The molecule has 11 heteroatoms. The number of rotatable bonds is 13. The molecule has 1 aromatic carbocycles. The summed E-state index contributed by atoms with van der Waals surface area (Å²) in [5.74, 6) is 0.0120. The zero-order chi connectivity index (χ0) is 21.4. The number of nitrogens with zero attached hydrogens (tertiary/aromatic N) is 2. The molecule has 0 bridgehead atoms. The van der Waals surface area contributed by atoms with Crippen molar-refractivity contribution in [1.82, 2.24) is 18.6 Å². The molecule has 1 aromatic rings. The number of benzene rings is 1. The summed E-state index contributed by atoms with van der Waals surface area (Å²) < 4.78 is 52.1. The average molecular weight is 432 g/mol. The van der Waals surface area contributed by atoms with Crippen molar-refractivity contribution in [2.24, 2.45) is 0 Å². The molecule has 0 amide bonds. The highest BCUT2D eigenvalue weighted by molar-refractivity contribution is 8.02. The second-order valence-corrected chi connectivity index (χ2v) is 9.98. The smallest absolute Gasteiger partial charge is 0.315 e. The van der Waals surface area contributed by atoms with Crippen LogP contribution in [-0.4, -0.2) is 65.1 Å². The summed E-state index contributed by atoms with van der Waals surface area (Å²) in [7, 11) is -5.03. The van der Waals surface area contributed by atoms with Crippen LogP contribution in [0.1, 0.15) is 24.4 Å². The molecule has 28 heavy (non-hydrogen) atoms. The molecule has 0 saturated heterocycles. The van der Waals surface area contributed by atoms with Crippen LogP contribution in [0.5, 0.6) is 0 Å². The lowest BCUT2D eigenvalue weighted by Crippen LogP contribution is -2.46. The van der Waals surface area contributed by atoms with Gasteiger partial charge in [0, 0.05) is 20.0 Å². The zero-order valence-corrected chi connectivity index (χ0v) is 18.1. The van der Waals surface area contributed by atoms with E-state index in [0.29, 0.717) is 23.1 Å². The molecular weight excluding hydrogens is 402 g/mol. The van der Waals surface area contributed by atoms with Gasteiger partial charge in [-0.15, -0.1) is 0 Å². The highest BCUT2D eigenvalue weighted by Gasteiger charge is 2.32. The van der Waals surface area contributed by atoms with Crippen LogP contribution in [0.2, 0.25) is 0 Å². The molecule has 3 N–H and O–H groups in total. The highest BCUT2D eigenvalue weighted by Crippen LogP contribution is 2.24. The SMILES string of the molecule is C=C(NS(=O)(=O)N(CCCNC)S(C)(=O)=O)N(C)C(CC=N)c1ccccc1. The first-order valence-corrected chi connectivity index (χ1v) is 11.9. The van der Waals surface area contributed by atoms with Crippen LogP contribution in [-0.2, 0) is 20.2 Å². The molecule has 0 aliphatic carbocycles. The minimum absolute atomic E-state index is 0.0120. The van der Waals surface area contributed by atoms with Crippen molar-refractivity contribution in [3.63, 3.8) is 0 Å². The Morgan fingerprint density at radius 1 is 1.25 bits per heavy atom. The van der Waals surface area contributed by atoms with Crippen LogP contribution < -0.4 is 10.0 Å².